The van der Waals surface area contributed by atoms with Crippen LogP contribution in [0.15, 0.2) is 78.0 Å². The molecule has 0 bridgehead atoms. The Morgan fingerprint density at radius 1 is 0.974 bits per heavy atom. The SMILES string of the molecule is CCOCCCN1C(=O)C(Nc2ccc(Cl)cc2)=C(C(=O)c2ccc(OC)cc2)[C@H]1c1ccc(Cl)cc1Cl. The molecule has 198 valence electrons. The number of amides is 1. The molecule has 38 heavy (non-hydrogen) atoms. The van der Waals surface area contributed by atoms with Gasteiger partial charge in [0.2, 0.25) is 0 Å². The van der Waals surface area contributed by atoms with Gasteiger partial charge in [-0.2, -0.15) is 0 Å². The number of ether oxygens (including phenoxy) is 2. The lowest BCUT2D eigenvalue weighted by molar-refractivity contribution is -0.127. The molecule has 0 saturated heterocycles. The number of nitrogens with zero attached hydrogens (tertiary/aromatic N) is 1. The zero-order valence-corrected chi connectivity index (χ0v) is 23.2. The first kappa shape index (κ1) is 28.0. The maximum atomic E-state index is 14.1. The fourth-order valence-electron chi connectivity index (χ4n) is 4.36. The molecule has 1 heterocycles. The number of benzene rings is 3. The van der Waals surface area contributed by atoms with Gasteiger partial charge in [0.1, 0.15) is 11.4 Å². The standard InChI is InChI=1S/C29H27Cl3N2O4/c1-3-38-16-4-15-34-27(23-14-9-20(31)17-24(23)32)25(28(35)18-5-12-22(37-2)13-6-18)26(29(34)36)33-21-10-7-19(30)8-11-21/h5-14,17,27,33H,3-4,15-16H2,1-2H3/t27-/m1/s1. The molecule has 3 aromatic carbocycles. The Morgan fingerprint density at radius 2 is 1.66 bits per heavy atom. The normalized spacial score (nSPS) is 15.2. The van der Waals surface area contributed by atoms with Crippen molar-refractivity contribution in [3.05, 3.63) is 104 Å². The van der Waals surface area contributed by atoms with Gasteiger partial charge in [-0.05, 0) is 79.6 Å². The second-order valence-electron chi connectivity index (χ2n) is 8.60. The van der Waals surface area contributed by atoms with E-state index >= 15 is 0 Å². The molecule has 4 rings (SSSR count). The van der Waals surface area contributed by atoms with Gasteiger partial charge in [0.15, 0.2) is 5.78 Å². The number of halogens is 3. The monoisotopic (exact) mass is 572 g/mol. The molecule has 0 radical (unpaired) electrons. The molecule has 0 spiro atoms. The van der Waals surface area contributed by atoms with Crippen LogP contribution in [0.1, 0.15) is 35.3 Å². The van der Waals surface area contributed by atoms with Crippen molar-refractivity contribution in [1.82, 2.24) is 4.90 Å². The van der Waals surface area contributed by atoms with E-state index in [-0.39, 0.29) is 23.0 Å². The van der Waals surface area contributed by atoms with Crippen molar-refractivity contribution in [2.45, 2.75) is 19.4 Å². The predicted molar refractivity (Wildman–Crippen MR) is 151 cm³/mol. The first-order valence-electron chi connectivity index (χ1n) is 12.1. The van der Waals surface area contributed by atoms with Gasteiger partial charge in [-0.25, -0.2) is 0 Å². The Hall–Kier alpha value is -3.03. The highest BCUT2D eigenvalue weighted by Gasteiger charge is 2.44. The van der Waals surface area contributed by atoms with Crippen LogP contribution in [0.2, 0.25) is 15.1 Å². The third-order valence-corrected chi connectivity index (χ3v) is 7.00. The summed E-state index contributed by atoms with van der Waals surface area (Å²) in [5.41, 5.74) is 2.10. The summed E-state index contributed by atoms with van der Waals surface area (Å²) in [6.07, 6.45) is 0.583. The van der Waals surface area contributed by atoms with Crippen LogP contribution in [0.3, 0.4) is 0 Å². The summed E-state index contributed by atoms with van der Waals surface area (Å²) in [5, 5.41) is 4.56. The van der Waals surface area contributed by atoms with Crippen LogP contribution in [-0.2, 0) is 9.53 Å². The maximum absolute atomic E-state index is 14.1. The number of Topliss-reactive ketones (excluding diaryl/α,β-unsaturated/α-hetero) is 1. The average molecular weight is 574 g/mol. The van der Waals surface area contributed by atoms with Crippen molar-refractivity contribution in [2.24, 2.45) is 0 Å². The Balaban J connectivity index is 1.85. The molecule has 1 aliphatic heterocycles. The van der Waals surface area contributed by atoms with Gasteiger partial charge in [0.25, 0.3) is 5.91 Å². The molecule has 1 amide bonds. The van der Waals surface area contributed by atoms with Crippen molar-refractivity contribution in [1.29, 1.82) is 0 Å². The summed E-state index contributed by atoms with van der Waals surface area (Å²) in [6.45, 7) is 3.32. The summed E-state index contributed by atoms with van der Waals surface area (Å²) >= 11 is 18.9. The van der Waals surface area contributed by atoms with Crippen LogP contribution < -0.4 is 10.1 Å². The molecule has 3 aromatic rings. The minimum Gasteiger partial charge on any atom is -0.497 e. The molecule has 0 aliphatic carbocycles. The molecular formula is C29H27Cl3N2O4. The van der Waals surface area contributed by atoms with Crippen molar-refractivity contribution in [3.63, 3.8) is 0 Å². The summed E-state index contributed by atoms with van der Waals surface area (Å²) in [7, 11) is 1.56. The lowest BCUT2D eigenvalue weighted by atomic mass is 9.92. The van der Waals surface area contributed by atoms with E-state index in [4.69, 9.17) is 44.3 Å². The quantitative estimate of drug-likeness (QED) is 0.194. The van der Waals surface area contributed by atoms with Gasteiger partial charge in [-0.3, -0.25) is 9.59 Å². The van der Waals surface area contributed by atoms with E-state index in [9.17, 15) is 9.59 Å². The van der Waals surface area contributed by atoms with Crippen molar-refractivity contribution < 1.29 is 19.1 Å². The number of methoxy groups -OCH3 is 1. The minimum atomic E-state index is -0.738. The molecule has 0 aromatic heterocycles. The van der Waals surface area contributed by atoms with E-state index < -0.39 is 6.04 Å². The first-order valence-corrected chi connectivity index (χ1v) is 13.3. The lowest BCUT2D eigenvalue weighted by Gasteiger charge is -2.28. The Kier molecular flexibility index (Phi) is 9.34. The molecule has 0 unspecified atom stereocenters. The molecule has 1 atom stereocenters. The van der Waals surface area contributed by atoms with Crippen molar-refractivity contribution in [3.8, 4) is 5.75 Å². The summed E-state index contributed by atoms with van der Waals surface area (Å²) in [5.74, 6) is -0.00231. The van der Waals surface area contributed by atoms with E-state index in [1.54, 1.807) is 78.7 Å². The van der Waals surface area contributed by atoms with E-state index in [1.807, 2.05) is 6.92 Å². The number of hydrogen-bond acceptors (Lipinski definition) is 5. The summed E-state index contributed by atoms with van der Waals surface area (Å²) in [4.78, 5) is 29.7. The number of anilines is 1. The summed E-state index contributed by atoms with van der Waals surface area (Å²) < 4.78 is 10.8. The fraction of sp³-hybridized carbons (Fsp3) is 0.241. The predicted octanol–water partition coefficient (Wildman–Crippen LogP) is 7.21. The van der Waals surface area contributed by atoms with Gasteiger partial charge in [-0.15, -0.1) is 0 Å². The molecule has 6 nitrogen and oxygen atoms in total. The second-order valence-corrected chi connectivity index (χ2v) is 9.88. The average Bonchev–Trinajstić information content (AvgIpc) is 3.18. The van der Waals surface area contributed by atoms with Crippen molar-refractivity contribution >= 4 is 52.2 Å². The van der Waals surface area contributed by atoms with Crippen LogP contribution in [-0.4, -0.2) is 43.5 Å². The van der Waals surface area contributed by atoms with E-state index in [0.29, 0.717) is 63.8 Å². The Morgan fingerprint density at radius 3 is 2.29 bits per heavy atom. The van der Waals surface area contributed by atoms with Crippen LogP contribution in [0.25, 0.3) is 0 Å². The topological polar surface area (TPSA) is 67.9 Å². The van der Waals surface area contributed by atoms with Crippen LogP contribution in [0, 0.1) is 0 Å². The van der Waals surface area contributed by atoms with Gasteiger partial charge in [-0.1, -0.05) is 40.9 Å². The van der Waals surface area contributed by atoms with Gasteiger partial charge in [0.05, 0.1) is 18.7 Å². The molecule has 0 saturated carbocycles. The maximum Gasteiger partial charge on any atom is 0.271 e. The fourth-order valence-corrected chi connectivity index (χ4v) is 5.00. The Labute approximate surface area is 237 Å². The van der Waals surface area contributed by atoms with Gasteiger partial charge >= 0.3 is 0 Å². The zero-order valence-electron chi connectivity index (χ0n) is 21.0. The number of carbonyl (C=O) groups is 2. The number of carbonyl (C=O) groups excluding carboxylic acids is 2. The number of nitrogens with one attached hydrogen (secondary N) is 1. The molecule has 0 fully saturated rings. The third kappa shape index (κ3) is 6.16. The summed E-state index contributed by atoms with van der Waals surface area (Å²) in [6, 6.07) is 18.0. The van der Waals surface area contributed by atoms with Crippen LogP contribution in [0.4, 0.5) is 5.69 Å². The molecule has 9 heteroatoms. The van der Waals surface area contributed by atoms with E-state index in [1.165, 1.54) is 0 Å². The second kappa shape index (κ2) is 12.7. The third-order valence-electron chi connectivity index (χ3n) is 6.19. The number of hydrogen-bond donors (Lipinski definition) is 1. The van der Waals surface area contributed by atoms with Crippen molar-refractivity contribution in [2.75, 3.05) is 32.2 Å². The minimum absolute atomic E-state index is 0.181. The lowest BCUT2D eigenvalue weighted by Crippen LogP contribution is -2.33. The highest BCUT2D eigenvalue weighted by molar-refractivity contribution is 6.35. The van der Waals surface area contributed by atoms with Gasteiger partial charge in [0, 0.05) is 46.1 Å². The largest absolute Gasteiger partial charge is 0.497 e. The first-order chi connectivity index (χ1) is 18.3. The molecular weight excluding hydrogens is 547 g/mol. The zero-order chi connectivity index (χ0) is 27.2. The number of rotatable bonds is 11. The van der Waals surface area contributed by atoms with Crippen LogP contribution >= 0.6 is 34.8 Å². The van der Waals surface area contributed by atoms with Crippen LogP contribution in [0.5, 0.6) is 5.75 Å². The highest BCUT2D eigenvalue weighted by atomic mass is 35.5. The molecule has 1 N–H and O–H groups in total. The smallest absolute Gasteiger partial charge is 0.271 e. The highest BCUT2D eigenvalue weighted by Crippen LogP contribution is 2.43. The molecule has 1 aliphatic rings. The number of ketones is 1. The van der Waals surface area contributed by atoms with Gasteiger partial charge < -0.3 is 19.7 Å². The van der Waals surface area contributed by atoms with E-state index in [2.05, 4.69) is 5.32 Å². The Bertz CT molecular complexity index is 1340. The van der Waals surface area contributed by atoms with E-state index in [0.717, 1.165) is 0 Å².